The van der Waals surface area contributed by atoms with Gasteiger partial charge in [-0.3, -0.25) is 9.78 Å². The molecular weight excluding hydrogens is 262 g/mol. The van der Waals surface area contributed by atoms with Crippen LogP contribution >= 0.6 is 0 Å². The monoisotopic (exact) mass is 289 g/mol. The molecule has 0 saturated carbocycles. The van der Waals surface area contributed by atoms with Crippen LogP contribution in [0.4, 0.5) is 0 Å². The highest BCUT2D eigenvalue weighted by Crippen LogP contribution is 2.18. The fourth-order valence-corrected chi connectivity index (χ4v) is 3.05. The summed E-state index contributed by atoms with van der Waals surface area (Å²) in [5, 5.41) is 0. The number of hydrogen-bond donors (Lipinski definition) is 0. The largest absolute Gasteiger partial charge is 0.345 e. The van der Waals surface area contributed by atoms with E-state index in [2.05, 4.69) is 23.7 Å². The highest BCUT2D eigenvalue weighted by atomic mass is 16.2. The van der Waals surface area contributed by atoms with Crippen LogP contribution in [-0.2, 0) is 11.2 Å². The van der Waals surface area contributed by atoms with E-state index in [0.29, 0.717) is 18.3 Å². The Bertz CT molecular complexity index is 447. The lowest BCUT2D eigenvalue weighted by Crippen LogP contribution is -2.34. The van der Waals surface area contributed by atoms with Crippen molar-refractivity contribution >= 4 is 5.91 Å². The van der Waals surface area contributed by atoms with E-state index in [-0.39, 0.29) is 5.91 Å². The van der Waals surface area contributed by atoms with E-state index in [0.717, 1.165) is 18.7 Å². The molecule has 1 unspecified atom stereocenters. The van der Waals surface area contributed by atoms with Crippen molar-refractivity contribution in [1.29, 1.82) is 0 Å². The van der Waals surface area contributed by atoms with Crippen molar-refractivity contribution in [2.75, 3.05) is 33.2 Å². The Balaban J connectivity index is 1.76. The maximum atomic E-state index is 12.2. The molecule has 0 aromatic carbocycles. The number of carbonyl (C=O) groups excluding carboxylic acids is 1. The first-order valence-corrected chi connectivity index (χ1v) is 7.90. The Kier molecular flexibility index (Phi) is 5.74. The molecule has 1 amide bonds. The second kappa shape index (κ2) is 7.55. The van der Waals surface area contributed by atoms with Gasteiger partial charge in [-0.15, -0.1) is 0 Å². The second-order valence-corrected chi connectivity index (χ2v) is 6.62. The van der Waals surface area contributed by atoms with Gasteiger partial charge in [0.15, 0.2) is 0 Å². The molecule has 2 heterocycles. The third-order valence-electron chi connectivity index (χ3n) is 4.03. The van der Waals surface area contributed by atoms with Gasteiger partial charge >= 0.3 is 0 Å². The maximum Gasteiger partial charge on any atom is 0.226 e. The topological polar surface area (TPSA) is 36.4 Å². The van der Waals surface area contributed by atoms with E-state index in [1.165, 1.54) is 19.5 Å². The average Bonchev–Trinajstić information content (AvgIpc) is 2.86. The lowest BCUT2D eigenvalue weighted by Gasteiger charge is -2.22. The lowest BCUT2D eigenvalue weighted by atomic mass is 10.1. The van der Waals surface area contributed by atoms with Crippen LogP contribution in [0.25, 0.3) is 0 Å². The van der Waals surface area contributed by atoms with Gasteiger partial charge in [-0.05, 0) is 36.4 Å². The Morgan fingerprint density at radius 2 is 2.33 bits per heavy atom. The Morgan fingerprint density at radius 1 is 1.52 bits per heavy atom. The minimum Gasteiger partial charge on any atom is -0.345 e. The van der Waals surface area contributed by atoms with E-state index in [1.807, 2.05) is 24.1 Å². The van der Waals surface area contributed by atoms with Gasteiger partial charge in [0.2, 0.25) is 5.91 Å². The first-order valence-electron chi connectivity index (χ1n) is 7.90. The van der Waals surface area contributed by atoms with Gasteiger partial charge < -0.3 is 9.80 Å². The Labute approximate surface area is 128 Å². The van der Waals surface area contributed by atoms with Crippen LogP contribution in [0.2, 0.25) is 0 Å². The molecule has 2 rings (SSSR count). The van der Waals surface area contributed by atoms with Gasteiger partial charge in [-0.1, -0.05) is 19.9 Å². The molecule has 1 saturated heterocycles. The number of likely N-dealkylation sites (N-methyl/N-ethyl adjacent to an activating group) is 1. The number of rotatable bonds is 6. The molecule has 0 bridgehead atoms. The van der Waals surface area contributed by atoms with E-state index >= 15 is 0 Å². The molecule has 4 heteroatoms. The summed E-state index contributed by atoms with van der Waals surface area (Å²) in [6, 6.07) is 3.84. The molecule has 1 fully saturated rings. The van der Waals surface area contributed by atoms with Crippen LogP contribution in [0.15, 0.2) is 24.5 Å². The van der Waals surface area contributed by atoms with Crippen molar-refractivity contribution in [2.45, 2.75) is 26.7 Å². The normalized spacial score (nSPS) is 19.1. The third kappa shape index (κ3) is 5.12. The van der Waals surface area contributed by atoms with Crippen molar-refractivity contribution in [1.82, 2.24) is 14.8 Å². The number of nitrogens with zero attached hydrogens (tertiary/aromatic N) is 3. The fraction of sp³-hybridized carbons (Fsp3) is 0.647. The minimum absolute atomic E-state index is 0.185. The molecule has 1 atom stereocenters. The summed E-state index contributed by atoms with van der Waals surface area (Å²) in [5.74, 6) is 1.52. The van der Waals surface area contributed by atoms with Crippen LogP contribution in [0.1, 0.15) is 25.8 Å². The van der Waals surface area contributed by atoms with Crippen LogP contribution in [-0.4, -0.2) is 53.9 Å². The molecular formula is C17H27N3O. The van der Waals surface area contributed by atoms with Gasteiger partial charge in [0, 0.05) is 39.1 Å². The van der Waals surface area contributed by atoms with Crippen LogP contribution in [0.3, 0.4) is 0 Å². The number of amides is 1. The predicted molar refractivity (Wildman–Crippen MR) is 85.0 cm³/mol. The number of likely N-dealkylation sites (tertiary alicyclic amines) is 1. The molecule has 1 aliphatic heterocycles. The van der Waals surface area contributed by atoms with Gasteiger partial charge in [0.05, 0.1) is 6.42 Å². The maximum absolute atomic E-state index is 12.2. The zero-order chi connectivity index (χ0) is 15.2. The molecule has 21 heavy (non-hydrogen) atoms. The summed E-state index contributed by atoms with van der Waals surface area (Å²) in [6.07, 6.45) is 5.16. The number of pyridine rings is 1. The van der Waals surface area contributed by atoms with E-state index in [9.17, 15) is 4.79 Å². The molecule has 0 aliphatic carbocycles. The van der Waals surface area contributed by atoms with Crippen LogP contribution in [0, 0.1) is 11.8 Å². The Morgan fingerprint density at radius 3 is 3.00 bits per heavy atom. The number of hydrogen-bond acceptors (Lipinski definition) is 3. The first-order chi connectivity index (χ1) is 10.0. The summed E-state index contributed by atoms with van der Waals surface area (Å²) >= 11 is 0. The molecule has 1 aromatic rings. The van der Waals surface area contributed by atoms with Crippen molar-refractivity contribution in [3.63, 3.8) is 0 Å². The number of aromatic nitrogens is 1. The van der Waals surface area contributed by atoms with Crippen molar-refractivity contribution < 1.29 is 4.79 Å². The molecule has 1 aliphatic rings. The highest BCUT2D eigenvalue weighted by Gasteiger charge is 2.25. The number of carbonyl (C=O) groups is 1. The van der Waals surface area contributed by atoms with Crippen molar-refractivity contribution in [2.24, 2.45) is 11.8 Å². The SMILES string of the molecule is CC(C)CN1CCC(CN(C)C(=O)Cc2cccnc2)C1. The second-order valence-electron chi connectivity index (χ2n) is 6.62. The standard InChI is InChI=1S/C17H27N3O/c1-14(2)11-20-8-6-16(13-20)12-19(3)17(21)9-15-5-4-7-18-10-15/h4-5,7,10,14,16H,6,8-9,11-13H2,1-3H3. The smallest absolute Gasteiger partial charge is 0.226 e. The molecule has 4 nitrogen and oxygen atoms in total. The molecule has 0 radical (unpaired) electrons. The fourth-order valence-electron chi connectivity index (χ4n) is 3.05. The van der Waals surface area contributed by atoms with E-state index in [4.69, 9.17) is 0 Å². The quantitative estimate of drug-likeness (QED) is 0.804. The van der Waals surface area contributed by atoms with E-state index in [1.54, 1.807) is 12.4 Å². The van der Waals surface area contributed by atoms with Gasteiger partial charge in [0.25, 0.3) is 0 Å². The van der Waals surface area contributed by atoms with E-state index < -0.39 is 0 Å². The predicted octanol–water partition coefficient (Wildman–Crippen LogP) is 2.06. The first kappa shape index (κ1) is 16.0. The molecule has 1 aromatic heterocycles. The molecule has 116 valence electrons. The zero-order valence-electron chi connectivity index (χ0n) is 13.5. The summed E-state index contributed by atoms with van der Waals surface area (Å²) in [7, 11) is 1.92. The van der Waals surface area contributed by atoms with Crippen LogP contribution in [0.5, 0.6) is 0 Å². The Hall–Kier alpha value is -1.42. The van der Waals surface area contributed by atoms with Crippen molar-refractivity contribution in [3.8, 4) is 0 Å². The third-order valence-corrected chi connectivity index (χ3v) is 4.03. The highest BCUT2D eigenvalue weighted by molar-refractivity contribution is 5.78. The van der Waals surface area contributed by atoms with Crippen LogP contribution < -0.4 is 0 Å². The summed E-state index contributed by atoms with van der Waals surface area (Å²) in [4.78, 5) is 20.7. The average molecular weight is 289 g/mol. The summed E-state index contributed by atoms with van der Waals surface area (Å²) in [5.41, 5.74) is 0.988. The minimum atomic E-state index is 0.185. The zero-order valence-corrected chi connectivity index (χ0v) is 13.5. The van der Waals surface area contributed by atoms with Crippen molar-refractivity contribution in [3.05, 3.63) is 30.1 Å². The molecule has 0 N–H and O–H groups in total. The van der Waals surface area contributed by atoms with Gasteiger partial charge in [-0.25, -0.2) is 0 Å². The lowest BCUT2D eigenvalue weighted by molar-refractivity contribution is -0.129. The summed E-state index contributed by atoms with van der Waals surface area (Å²) < 4.78 is 0. The van der Waals surface area contributed by atoms with Gasteiger partial charge in [-0.2, -0.15) is 0 Å². The van der Waals surface area contributed by atoms with Gasteiger partial charge in [0.1, 0.15) is 0 Å². The molecule has 0 spiro atoms. The summed E-state index contributed by atoms with van der Waals surface area (Å²) in [6.45, 7) is 8.86.